The molecular formula is C15H17NO. The van der Waals surface area contributed by atoms with E-state index in [9.17, 15) is 4.79 Å². The van der Waals surface area contributed by atoms with Crippen molar-refractivity contribution in [1.82, 2.24) is 4.98 Å². The van der Waals surface area contributed by atoms with Crippen LogP contribution in [0.2, 0.25) is 0 Å². The Morgan fingerprint density at radius 2 is 1.94 bits per heavy atom. The first kappa shape index (κ1) is 11.8. The van der Waals surface area contributed by atoms with Gasteiger partial charge in [-0.15, -0.1) is 0 Å². The molecule has 0 aliphatic carbocycles. The highest BCUT2D eigenvalue weighted by molar-refractivity contribution is 6.06. The first-order valence-electron chi connectivity index (χ1n) is 5.91. The maximum absolute atomic E-state index is 11.7. The summed E-state index contributed by atoms with van der Waals surface area (Å²) in [5.41, 5.74) is 3.82. The molecule has 0 bridgehead atoms. The van der Waals surface area contributed by atoms with Gasteiger partial charge in [-0.1, -0.05) is 25.5 Å². The molecule has 0 fully saturated rings. The second-order valence-electron chi connectivity index (χ2n) is 4.83. The summed E-state index contributed by atoms with van der Waals surface area (Å²) in [6.45, 7) is 7.82. The summed E-state index contributed by atoms with van der Waals surface area (Å²) >= 11 is 0. The minimum Gasteiger partial charge on any atom is -0.294 e. The molecule has 0 atom stereocenters. The fourth-order valence-electron chi connectivity index (χ4n) is 1.95. The van der Waals surface area contributed by atoms with Gasteiger partial charge in [-0.3, -0.25) is 9.78 Å². The van der Waals surface area contributed by atoms with Crippen molar-refractivity contribution >= 4 is 16.7 Å². The zero-order valence-electron chi connectivity index (χ0n) is 10.7. The number of hydrogen-bond acceptors (Lipinski definition) is 2. The molecule has 0 radical (unpaired) electrons. The van der Waals surface area contributed by atoms with Crippen LogP contribution in [-0.2, 0) is 0 Å². The van der Waals surface area contributed by atoms with E-state index in [0.717, 1.165) is 27.7 Å². The average molecular weight is 227 g/mol. The van der Waals surface area contributed by atoms with Crippen LogP contribution in [0, 0.1) is 6.92 Å². The number of aromatic nitrogens is 1. The van der Waals surface area contributed by atoms with Gasteiger partial charge in [-0.05, 0) is 38.0 Å². The molecule has 1 aromatic carbocycles. The second-order valence-corrected chi connectivity index (χ2v) is 4.83. The molecule has 88 valence electrons. The third-order valence-electron chi connectivity index (χ3n) is 2.95. The summed E-state index contributed by atoms with van der Waals surface area (Å²) in [5.74, 6) is 0.434. The van der Waals surface area contributed by atoms with E-state index in [-0.39, 0.29) is 5.78 Å². The van der Waals surface area contributed by atoms with E-state index in [4.69, 9.17) is 0 Å². The van der Waals surface area contributed by atoms with Crippen molar-refractivity contribution < 1.29 is 4.79 Å². The summed E-state index contributed by atoms with van der Waals surface area (Å²) in [4.78, 5) is 16.3. The lowest BCUT2D eigenvalue weighted by Crippen LogP contribution is -2.01. The molecular weight excluding hydrogens is 210 g/mol. The van der Waals surface area contributed by atoms with E-state index < -0.39 is 0 Å². The summed E-state index contributed by atoms with van der Waals surface area (Å²) in [6, 6.07) is 7.98. The number of ketones is 1. The van der Waals surface area contributed by atoms with E-state index in [1.165, 1.54) is 0 Å². The molecule has 17 heavy (non-hydrogen) atoms. The molecule has 0 unspecified atom stereocenters. The normalized spacial score (nSPS) is 11.1. The lowest BCUT2D eigenvalue weighted by atomic mass is 9.99. The van der Waals surface area contributed by atoms with E-state index in [1.54, 1.807) is 6.92 Å². The van der Waals surface area contributed by atoms with Gasteiger partial charge in [0, 0.05) is 16.6 Å². The predicted octanol–water partition coefficient (Wildman–Crippen LogP) is 3.87. The Morgan fingerprint density at radius 3 is 2.53 bits per heavy atom. The van der Waals surface area contributed by atoms with Gasteiger partial charge in [-0.2, -0.15) is 0 Å². The number of rotatable bonds is 2. The number of Topliss-reactive ketones (excluding diaryl/α,β-unsaturated/α-hetero) is 1. The quantitative estimate of drug-likeness (QED) is 0.729. The Hall–Kier alpha value is -1.70. The van der Waals surface area contributed by atoms with Gasteiger partial charge < -0.3 is 0 Å². The Morgan fingerprint density at radius 1 is 1.24 bits per heavy atom. The molecule has 1 heterocycles. The zero-order chi connectivity index (χ0) is 12.6. The summed E-state index contributed by atoms with van der Waals surface area (Å²) in [5, 5.41) is 0.960. The highest BCUT2D eigenvalue weighted by Gasteiger charge is 2.11. The number of aryl methyl sites for hydroxylation is 1. The van der Waals surface area contributed by atoms with Gasteiger partial charge in [0.1, 0.15) is 0 Å². The Labute approximate surface area is 102 Å². The molecule has 2 heteroatoms. The van der Waals surface area contributed by atoms with Gasteiger partial charge in [-0.25, -0.2) is 0 Å². The Balaban J connectivity index is 2.81. The standard InChI is InChI=1S/C15H17NO/c1-9(2)15-8-12(11(4)17)13-7-10(3)5-6-14(13)16-15/h5-9H,1-4H3. The minimum absolute atomic E-state index is 0.102. The van der Waals surface area contributed by atoms with Crippen molar-refractivity contribution in [1.29, 1.82) is 0 Å². The summed E-state index contributed by atoms with van der Waals surface area (Å²) < 4.78 is 0. The van der Waals surface area contributed by atoms with Crippen LogP contribution in [0.4, 0.5) is 0 Å². The van der Waals surface area contributed by atoms with Crippen molar-refractivity contribution in [2.75, 3.05) is 0 Å². The van der Waals surface area contributed by atoms with Crippen LogP contribution < -0.4 is 0 Å². The van der Waals surface area contributed by atoms with Crippen molar-refractivity contribution in [2.24, 2.45) is 0 Å². The molecule has 1 aromatic heterocycles. The molecule has 2 nitrogen and oxygen atoms in total. The van der Waals surface area contributed by atoms with E-state index >= 15 is 0 Å². The topological polar surface area (TPSA) is 30.0 Å². The smallest absolute Gasteiger partial charge is 0.160 e. The summed E-state index contributed by atoms with van der Waals surface area (Å²) in [7, 11) is 0. The molecule has 0 saturated heterocycles. The van der Waals surface area contributed by atoms with Crippen molar-refractivity contribution in [2.45, 2.75) is 33.6 Å². The van der Waals surface area contributed by atoms with Gasteiger partial charge >= 0.3 is 0 Å². The lowest BCUT2D eigenvalue weighted by Gasteiger charge is -2.10. The Kier molecular flexibility index (Phi) is 2.97. The highest BCUT2D eigenvalue weighted by Crippen LogP contribution is 2.23. The van der Waals surface area contributed by atoms with Crippen LogP contribution in [0.5, 0.6) is 0 Å². The molecule has 0 aliphatic rings. The maximum atomic E-state index is 11.7. The van der Waals surface area contributed by atoms with Crippen LogP contribution in [0.1, 0.15) is 48.3 Å². The third kappa shape index (κ3) is 2.21. The SMILES string of the molecule is CC(=O)c1cc(C(C)C)nc2ccc(C)cc12. The first-order valence-corrected chi connectivity index (χ1v) is 5.91. The number of hydrogen-bond donors (Lipinski definition) is 0. The van der Waals surface area contributed by atoms with Crippen LogP contribution in [0.25, 0.3) is 10.9 Å². The van der Waals surface area contributed by atoms with Crippen molar-refractivity contribution in [3.05, 3.63) is 41.1 Å². The third-order valence-corrected chi connectivity index (χ3v) is 2.95. The van der Waals surface area contributed by atoms with E-state index in [1.807, 2.05) is 31.2 Å². The Bertz CT molecular complexity index is 585. The predicted molar refractivity (Wildman–Crippen MR) is 70.6 cm³/mol. The van der Waals surface area contributed by atoms with Gasteiger partial charge in [0.25, 0.3) is 0 Å². The van der Waals surface area contributed by atoms with E-state index in [2.05, 4.69) is 18.8 Å². The second kappa shape index (κ2) is 4.28. The first-order chi connectivity index (χ1) is 7.99. The van der Waals surface area contributed by atoms with Crippen LogP contribution in [0.15, 0.2) is 24.3 Å². The maximum Gasteiger partial charge on any atom is 0.160 e. The van der Waals surface area contributed by atoms with Crippen LogP contribution >= 0.6 is 0 Å². The lowest BCUT2D eigenvalue weighted by molar-refractivity contribution is 0.101. The number of carbonyl (C=O) groups excluding carboxylic acids is 1. The highest BCUT2D eigenvalue weighted by atomic mass is 16.1. The number of nitrogens with zero attached hydrogens (tertiary/aromatic N) is 1. The molecule has 2 aromatic rings. The van der Waals surface area contributed by atoms with Crippen molar-refractivity contribution in [3.8, 4) is 0 Å². The average Bonchev–Trinajstić information content (AvgIpc) is 2.27. The number of benzene rings is 1. The number of pyridine rings is 1. The molecule has 0 saturated carbocycles. The number of carbonyl (C=O) groups is 1. The fraction of sp³-hybridized carbons (Fsp3) is 0.333. The monoisotopic (exact) mass is 227 g/mol. The van der Waals surface area contributed by atoms with Gasteiger partial charge in [0.15, 0.2) is 5.78 Å². The molecule has 0 aliphatic heterocycles. The molecule has 0 N–H and O–H groups in total. The largest absolute Gasteiger partial charge is 0.294 e. The van der Waals surface area contributed by atoms with Gasteiger partial charge in [0.2, 0.25) is 0 Å². The fourth-order valence-corrected chi connectivity index (χ4v) is 1.95. The molecule has 0 amide bonds. The van der Waals surface area contributed by atoms with Crippen LogP contribution in [0.3, 0.4) is 0 Å². The molecule has 2 rings (SSSR count). The van der Waals surface area contributed by atoms with E-state index in [0.29, 0.717) is 5.92 Å². The van der Waals surface area contributed by atoms with Gasteiger partial charge in [0.05, 0.1) is 5.52 Å². The summed E-state index contributed by atoms with van der Waals surface area (Å²) in [6.07, 6.45) is 0. The zero-order valence-corrected chi connectivity index (χ0v) is 10.7. The van der Waals surface area contributed by atoms with Crippen molar-refractivity contribution in [3.63, 3.8) is 0 Å². The number of fused-ring (bicyclic) bond motifs is 1. The van der Waals surface area contributed by atoms with Crippen LogP contribution in [-0.4, -0.2) is 10.8 Å². The minimum atomic E-state index is 0.102. The molecule has 0 spiro atoms.